The van der Waals surface area contributed by atoms with Gasteiger partial charge in [0.05, 0.1) is 11.1 Å². The Morgan fingerprint density at radius 3 is 2.10 bits per heavy atom. The van der Waals surface area contributed by atoms with Crippen molar-refractivity contribution in [1.82, 2.24) is 5.43 Å². The van der Waals surface area contributed by atoms with Gasteiger partial charge in [-0.3, -0.25) is 14.9 Å². The third-order valence-electron chi connectivity index (χ3n) is 4.36. The van der Waals surface area contributed by atoms with Crippen molar-refractivity contribution in [3.63, 3.8) is 0 Å². The van der Waals surface area contributed by atoms with Crippen molar-refractivity contribution in [2.75, 3.05) is 0 Å². The third kappa shape index (κ3) is 4.22. The monoisotopic (exact) mass is 469 g/mol. The van der Waals surface area contributed by atoms with Gasteiger partial charge in [0.15, 0.2) is 5.60 Å². The number of halogens is 1. The van der Waals surface area contributed by atoms with Crippen LogP contribution < -0.4 is 5.43 Å². The van der Waals surface area contributed by atoms with E-state index in [2.05, 4.69) is 26.5 Å². The van der Waals surface area contributed by atoms with Crippen LogP contribution in [-0.2, 0) is 10.4 Å². The highest BCUT2D eigenvalue weighted by molar-refractivity contribution is 9.10. The fourth-order valence-electron chi connectivity index (χ4n) is 2.87. The highest BCUT2D eigenvalue weighted by atomic mass is 79.9. The Balaban J connectivity index is 1.92. The number of phenolic OH excluding ortho intramolecular Hbond substituents is 1. The summed E-state index contributed by atoms with van der Waals surface area (Å²) >= 11 is 3.12. The zero-order valence-corrected chi connectivity index (χ0v) is 17.0. The van der Waals surface area contributed by atoms with Gasteiger partial charge in [-0.05, 0) is 17.2 Å². The maximum absolute atomic E-state index is 12.9. The van der Waals surface area contributed by atoms with Crippen LogP contribution in [0.2, 0.25) is 0 Å². The molecule has 0 spiro atoms. The van der Waals surface area contributed by atoms with Gasteiger partial charge in [0.1, 0.15) is 0 Å². The molecule has 0 bridgehead atoms. The van der Waals surface area contributed by atoms with E-state index in [-0.39, 0.29) is 5.56 Å². The van der Waals surface area contributed by atoms with Crippen LogP contribution in [0.4, 0.5) is 5.69 Å². The largest absolute Gasteiger partial charge is 0.502 e. The van der Waals surface area contributed by atoms with Crippen LogP contribution in [0.3, 0.4) is 0 Å². The number of amides is 1. The average molecular weight is 470 g/mol. The summed E-state index contributed by atoms with van der Waals surface area (Å²) in [6.45, 7) is 0. The Morgan fingerprint density at radius 1 is 1.07 bits per heavy atom. The highest BCUT2D eigenvalue weighted by Crippen LogP contribution is 2.33. The van der Waals surface area contributed by atoms with Gasteiger partial charge in [-0.2, -0.15) is 5.10 Å². The van der Waals surface area contributed by atoms with E-state index in [1.54, 1.807) is 60.7 Å². The number of nitrogens with zero attached hydrogens (tertiary/aromatic N) is 2. The third-order valence-corrected chi connectivity index (χ3v) is 4.82. The van der Waals surface area contributed by atoms with Crippen LogP contribution in [-0.4, -0.2) is 27.3 Å². The Kier molecular flexibility index (Phi) is 6.24. The molecule has 3 aromatic carbocycles. The second-order valence-corrected chi connectivity index (χ2v) is 7.18. The van der Waals surface area contributed by atoms with Gasteiger partial charge in [0, 0.05) is 16.1 Å². The number of aliphatic hydroxyl groups is 1. The van der Waals surface area contributed by atoms with Crippen molar-refractivity contribution < 1.29 is 19.9 Å². The second-order valence-electron chi connectivity index (χ2n) is 6.26. The van der Waals surface area contributed by atoms with E-state index in [0.717, 1.165) is 12.3 Å². The molecular weight excluding hydrogens is 454 g/mol. The Bertz CT molecular complexity index is 1060. The number of hydrogen-bond acceptors (Lipinski definition) is 6. The molecule has 0 radical (unpaired) electrons. The summed E-state index contributed by atoms with van der Waals surface area (Å²) in [4.78, 5) is 23.2. The lowest BCUT2D eigenvalue weighted by Gasteiger charge is -2.27. The number of rotatable bonds is 6. The molecule has 0 atom stereocenters. The van der Waals surface area contributed by atoms with E-state index >= 15 is 0 Å². The first-order valence-electron chi connectivity index (χ1n) is 8.68. The average Bonchev–Trinajstić information content (AvgIpc) is 2.76. The van der Waals surface area contributed by atoms with E-state index in [0.29, 0.717) is 15.6 Å². The normalized spacial score (nSPS) is 11.4. The van der Waals surface area contributed by atoms with Gasteiger partial charge in [-0.1, -0.05) is 76.6 Å². The maximum atomic E-state index is 12.9. The number of nitro benzene ring substituents is 1. The lowest BCUT2D eigenvalue weighted by Crippen LogP contribution is -2.43. The molecule has 0 aliphatic rings. The fourth-order valence-corrected chi connectivity index (χ4v) is 3.34. The summed E-state index contributed by atoms with van der Waals surface area (Å²) < 4.78 is 0.352. The molecule has 152 valence electrons. The topological polar surface area (TPSA) is 125 Å². The van der Waals surface area contributed by atoms with Crippen molar-refractivity contribution in [2.24, 2.45) is 5.10 Å². The lowest BCUT2D eigenvalue weighted by molar-refractivity contribution is -0.385. The number of phenols is 1. The minimum Gasteiger partial charge on any atom is -0.502 e. The minimum absolute atomic E-state index is 0.0133. The van der Waals surface area contributed by atoms with Crippen molar-refractivity contribution in [2.45, 2.75) is 5.60 Å². The maximum Gasteiger partial charge on any atom is 0.312 e. The van der Waals surface area contributed by atoms with Crippen LogP contribution >= 0.6 is 15.9 Å². The van der Waals surface area contributed by atoms with Crippen LogP contribution in [0.1, 0.15) is 16.7 Å². The summed E-state index contributed by atoms with van der Waals surface area (Å²) in [6, 6.07) is 19.3. The molecule has 0 aliphatic carbocycles. The molecule has 0 unspecified atom stereocenters. The molecule has 30 heavy (non-hydrogen) atoms. The molecule has 0 aromatic heterocycles. The van der Waals surface area contributed by atoms with Gasteiger partial charge in [0.2, 0.25) is 5.75 Å². The first-order valence-corrected chi connectivity index (χ1v) is 9.47. The number of aromatic hydroxyl groups is 1. The van der Waals surface area contributed by atoms with E-state index in [9.17, 15) is 25.1 Å². The lowest BCUT2D eigenvalue weighted by atomic mass is 9.85. The van der Waals surface area contributed by atoms with E-state index < -0.39 is 27.9 Å². The number of carbonyl (C=O) groups is 1. The molecule has 0 heterocycles. The van der Waals surface area contributed by atoms with Crippen molar-refractivity contribution in [3.8, 4) is 5.75 Å². The van der Waals surface area contributed by atoms with Gasteiger partial charge in [0.25, 0.3) is 5.91 Å². The van der Waals surface area contributed by atoms with E-state index in [1.807, 2.05) is 0 Å². The number of nitrogens with one attached hydrogen (secondary N) is 1. The Labute approximate surface area is 179 Å². The van der Waals surface area contributed by atoms with Gasteiger partial charge < -0.3 is 10.2 Å². The first-order chi connectivity index (χ1) is 14.3. The predicted octanol–water partition coefficient (Wildman–Crippen LogP) is 3.45. The van der Waals surface area contributed by atoms with Crippen LogP contribution in [0, 0.1) is 10.1 Å². The zero-order valence-electron chi connectivity index (χ0n) is 15.4. The molecule has 3 N–H and O–H groups in total. The standard InChI is InChI=1S/C21H16BrN3O5/c22-17-11-14(19(26)18(12-17)25(29)30)13-23-24-20(27)21(28,15-7-3-1-4-8-15)16-9-5-2-6-10-16/h1-13,26,28H,(H,24,27)/b23-13+. The Morgan fingerprint density at radius 2 is 1.60 bits per heavy atom. The molecule has 3 rings (SSSR count). The molecule has 0 saturated carbocycles. The highest BCUT2D eigenvalue weighted by Gasteiger charge is 2.39. The van der Waals surface area contributed by atoms with Crippen molar-refractivity contribution >= 4 is 33.7 Å². The summed E-state index contributed by atoms with van der Waals surface area (Å²) in [5.41, 5.74) is 0.403. The second kappa shape index (κ2) is 8.85. The summed E-state index contributed by atoms with van der Waals surface area (Å²) in [5, 5.41) is 36.2. The fraction of sp³-hybridized carbons (Fsp3) is 0.0476. The molecule has 0 fully saturated rings. The number of benzene rings is 3. The Hall–Kier alpha value is -3.56. The van der Waals surface area contributed by atoms with Gasteiger partial charge in [-0.25, -0.2) is 5.43 Å². The van der Waals surface area contributed by atoms with Crippen LogP contribution in [0.25, 0.3) is 0 Å². The minimum atomic E-state index is -2.02. The van der Waals surface area contributed by atoms with Crippen LogP contribution in [0.15, 0.2) is 82.4 Å². The number of carbonyl (C=O) groups excluding carboxylic acids is 1. The van der Waals surface area contributed by atoms with Gasteiger partial charge in [-0.15, -0.1) is 0 Å². The van der Waals surface area contributed by atoms with Crippen LogP contribution in [0.5, 0.6) is 5.75 Å². The molecule has 3 aromatic rings. The van der Waals surface area contributed by atoms with Crippen molar-refractivity contribution in [1.29, 1.82) is 0 Å². The van der Waals surface area contributed by atoms with E-state index in [1.165, 1.54) is 6.07 Å². The number of hydrazone groups is 1. The molecule has 0 aliphatic heterocycles. The van der Waals surface area contributed by atoms with E-state index in [4.69, 9.17) is 0 Å². The zero-order chi connectivity index (χ0) is 21.7. The molecule has 9 heteroatoms. The molecule has 0 saturated heterocycles. The number of nitro groups is 1. The molecule has 1 amide bonds. The number of hydrogen-bond donors (Lipinski definition) is 3. The SMILES string of the molecule is O=C(N/N=C/c1cc(Br)cc([N+](=O)[O-])c1O)C(O)(c1ccccc1)c1ccccc1. The summed E-state index contributed by atoms with van der Waals surface area (Å²) in [6.07, 6.45) is 1.06. The molecular formula is C21H16BrN3O5. The summed E-state index contributed by atoms with van der Waals surface area (Å²) in [5.74, 6) is -1.43. The van der Waals surface area contributed by atoms with Crippen molar-refractivity contribution in [3.05, 3.63) is 104 Å². The molecule has 8 nitrogen and oxygen atoms in total. The predicted molar refractivity (Wildman–Crippen MR) is 114 cm³/mol. The van der Waals surface area contributed by atoms with Gasteiger partial charge >= 0.3 is 5.69 Å². The summed E-state index contributed by atoms with van der Waals surface area (Å²) in [7, 11) is 0. The smallest absolute Gasteiger partial charge is 0.312 e. The quantitative estimate of drug-likeness (QED) is 0.289. The first kappa shape index (κ1) is 21.2.